The van der Waals surface area contributed by atoms with E-state index in [1.165, 1.54) is 37.2 Å². The molecule has 1 N–H and O–H groups in total. The number of hydrogen-bond donors (Lipinski definition) is 1. The van der Waals surface area contributed by atoms with Crippen LogP contribution < -0.4 is 5.32 Å². The summed E-state index contributed by atoms with van der Waals surface area (Å²) in [6.07, 6.45) is 4.50. The van der Waals surface area contributed by atoms with Crippen molar-refractivity contribution in [2.24, 2.45) is 0 Å². The van der Waals surface area contributed by atoms with Gasteiger partial charge in [0.2, 0.25) is 0 Å². The second-order valence-corrected chi connectivity index (χ2v) is 6.38. The Hall–Kier alpha value is -1.39. The van der Waals surface area contributed by atoms with Crippen molar-refractivity contribution in [3.05, 3.63) is 58.3 Å². The lowest BCUT2D eigenvalue weighted by Crippen LogP contribution is -2.19. The molecule has 110 valence electrons. The smallest absolute Gasteiger partial charge is 0.0595 e. The Bertz CT molecular complexity index is 577. The van der Waals surface area contributed by atoms with Crippen LogP contribution in [0.2, 0.25) is 0 Å². The van der Waals surface area contributed by atoms with Crippen molar-refractivity contribution < 1.29 is 0 Å². The molecule has 0 aliphatic carbocycles. The number of nitrogens with one attached hydrogen (secondary N) is 1. The number of anilines is 1. The van der Waals surface area contributed by atoms with E-state index in [0.717, 1.165) is 23.3 Å². The molecule has 1 aliphatic rings. The molecule has 2 heterocycles. The van der Waals surface area contributed by atoms with Gasteiger partial charge in [-0.25, -0.2) is 0 Å². The summed E-state index contributed by atoms with van der Waals surface area (Å²) in [5.41, 5.74) is 3.64. The van der Waals surface area contributed by atoms with Crippen LogP contribution in [0.5, 0.6) is 0 Å². The van der Waals surface area contributed by atoms with Crippen LogP contribution in [0.25, 0.3) is 0 Å². The molecular weight excluding hydrogens is 326 g/mol. The van der Waals surface area contributed by atoms with E-state index in [4.69, 9.17) is 0 Å². The molecule has 0 bridgehead atoms. The molecule has 3 nitrogen and oxygen atoms in total. The van der Waals surface area contributed by atoms with Crippen LogP contribution in [0.1, 0.15) is 24.1 Å². The lowest BCUT2D eigenvalue weighted by atomic mass is 10.1. The topological polar surface area (TPSA) is 28.2 Å². The average molecular weight is 346 g/mol. The van der Waals surface area contributed by atoms with Crippen LogP contribution in [-0.2, 0) is 13.1 Å². The maximum absolute atomic E-state index is 4.41. The van der Waals surface area contributed by atoms with E-state index in [2.05, 4.69) is 55.4 Å². The van der Waals surface area contributed by atoms with Gasteiger partial charge in [0, 0.05) is 22.9 Å². The number of aromatic nitrogens is 1. The van der Waals surface area contributed by atoms with Crippen molar-refractivity contribution in [2.45, 2.75) is 25.9 Å². The lowest BCUT2D eigenvalue weighted by molar-refractivity contribution is 0.332. The first-order valence-electron chi connectivity index (χ1n) is 7.46. The molecule has 3 rings (SSSR count). The van der Waals surface area contributed by atoms with Crippen molar-refractivity contribution in [1.29, 1.82) is 0 Å². The minimum atomic E-state index is 0.754. The summed E-state index contributed by atoms with van der Waals surface area (Å²) < 4.78 is 1.01. The van der Waals surface area contributed by atoms with Gasteiger partial charge in [-0.05, 0) is 65.6 Å². The third-order valence-electron chi connectivity index (χ3n) is 3.86. The highest BCUT2D eigenvalue weighted by Crippen LogP contribution is 2.20. The minimum Gasteiger partial charge on any atom is -0.379 e. The van der Waals surface area contributed by atoms with Gasteiger partial charge in [-0.1, -0.05) is 18.2 Å². The fourth-order valence-electron chi connectivity index (χ4n) is 2.71. The molecule has 0 saturated carbocycles. The first-order chi connectivity index (χ1) is 10.3. The van der Waals surface area contributed by atoms with Gasteiger partial charge in [0.25, 0.3) is 0 Å². The van der Waals surface area contributed by atoms with Crippen molar-refractivity contribution >= 4 is 21.6 Å². The van der Waals surface area contributed by atoms with Crippen LogP contribution in [-0.4, -0.2) is 23.0 Å². The van der Waals surface area contributed by atoms with Crippen LogP contribution in [0.4, 0.5) is 5.69 Å². The van der Waals surface area contributed by atoms with Crippen molar-refractivity contribution in [2.75, 3.05) is 18.4 Å². The first-order valence-corrected chi connectivity index (χ1v) is 8.25. The summed E-state index contributed by atoms with van der Waals surface area (Å²) in [6.45, 7) is 4.24. The van der Waals surface area contributed by atoms with Crippen molar-refractivity contribution in [1.82, 2.24) is 9.88 Å². The second-order valence-electron chi connectivity index (χ2n) is 5.46. The minimum absolute atomic E-state index is 0.754. The molecule has 21 heavy (non-hydrogen) atoms. The molecule has 0 spiro atoms. The lowest BCUT2D eigenvalue weighted by Gasteiger charge is -2.18. The summed E-state index contributed by atoms with van der Waals surface area (Å²) in [4.78, 5) is 6.93. The summed E-state index contributed by atoms with van der Waals surface area (Å²) in [5, 5.41) is 3.52. The summed E-state index contributed by atoms with van der Waals surface area (Å²) in [6, 6.07) is 12.7. The number of benzene rings is 1. The molecule has 0 unspecified atom stereocenters. The zero-order valence-electron chi connectivity index (χ0n) is 12.1. The van der Waals surface area contributed by atoms with Gasteiger partial charge in [-0.15, -0.1) is 0 Å². The molecule has 1 aromatic heterocycles. The third kappa shape index (κ3) is 4.05. The Kier molecular flexibility index (Phi) is 4.88. The fraction of sp³-hybridized carbons (Fsp3) is 0.353. The number of para-hydroxylation sites is 1. The summed E-state index contributed by atoms with van der Waals surface area (Å²) in [7, 11) is 0. The van der Waals surface area contributed by atoms with Crippen molar-refractivity contribution in [3.63, 3.8) is 0 Å². The van der Waals surface area contributed by atoms with Gasteiger partial charge < -0.3 is 5.32 Å². The van der Waals surface area contributed by atoms with E-state index >= 15 is 0 Å². The number of rotatable bonds is 5. The molecule has 1 aliphatic heterocycles. The molecule has 1 fully saturated rings. The van der Waals surface area contributed by atoms with Crippen molar-refractivity contribution in [3.8, 4) is 0 Å². The number of likely N-dealkylation sites (tertiary alicyclic amines) is 1. The maximum atomic E-state index is 4.41. The fourth-order valence-corrected chi connectivity index (χ4v) is 2.94. The normalized spacial score (nSPS) is 15.3. The highest BCUT2D eigenvalue weighted by atomic mass is 79.9. The Labute approximate surface area is 134 Å². The SMILES string of the molecule is Brc1ccc(CNc2ccccc2CN2CCCC2)nc1. The van der Waals surface area contributed by atoms with Gasteiger partial charge >= 0.3 is 0 Å². The number of pyridine rings is 1. The van der Waals surface area contributed by atoms with Gasteiger partial charge in [-0.2, -0.15) is 0 Å². The highest BCUT2D eigenvalue weighted by Gasteiger charge is 2.13. The van der Waals surface area contributed by atoms with Gasteiger partial charge in [0.15, 0.2) is 0 Å². The Morgan fingerprint density at radius 2 is 1.90 bits per heavy atom. The monoisotopic (exact) mass is 345 g/mol. The van der Waals surface area contributed by atoms with E-state index in [1.54, 1.807) is 0 Å². The van der Waals surface area contributed by atoms with Crippen LogP contribution in [0, 0.1) is 0 Å². The van der Waals surface area contributed by atoms with E-state index in [9.17, 15) is 0 Å². The Morgan fingerprint density at radius 3 is 2.67 bits per heavy atom. The van der Waals surface area contributed by atoms with Gasteiger partial charge in [0.1, 0.15) is 0 Å². The number of hydrogen-bond acceptors (Lipinski definition) is 3. The van der Waals surface area contributed by atoms with Crippen LogP contribution in [0.3, 0.4) is 0 Å². The van der Waals surface area contributed by atoms with Gasteiger partial charge in [0.05, 0.1) is 12.2 Å². The van der Waals surface area contributed by atoms with Gasteiger partial charge in [-0.3, -0.25) is 9.88 Å². The summed E-state index contributed by atoms with van der Waals surface area (Å²) >= 11 is 3.41. The number of nitrogens with zero attached hydrogens (tertiary/aromatic N) is 2. The molecule has 0 radical (unpaired) electrons. The molecular formula is C17H20BrN3. The number of halogens is 1. The predicted octanol–water partition coefficient (Wildman–Crippen LogP) is 4.05. The molecule has 0 atom stereocenters. The highest BCUT2D eigenvalue weighted by molar-refractivity contribution is 9.10. The standard InChI is InChI=1S/C17H20BrN3/c18-15-7-8-16(19-11-15)12-20-17-6-2-1-5-14(17)13-21-9-3-4-10-21/h1-2,5-8,11,20H,3-4,9-10,12-13H2. The van der Waals surface area contributed by atoms with Crippen LogP contribution >= 0.6 is 15.9 Å². The third-order valence-corrected chi connectivity index (χ3v) is 4.33. The van der Waals surface area contributed by atoms with Crippen LogP contribution in [0.15, 0.2) is 47.1 Å². The molecule has 1 aromatic carbocycles. The van der Waals surface area contributed by atoms with E-state index in [0.29, 0.717) is 0 Å². The summed E-state index contributed by atoms with van der Waals surface area (Å²) in [5.74, 6) is 0. The Morgan fingerprint density at radius 1 is 1.10 bits per heavy atom. The zero-order chi connectivity index (χ0) is 14.5. The zero-order valence-corrected chi connectivity index (χ0v) is 13.6. The first kappa shape index (κ1) is 14.5. The quantitative estimate of drug-likeness (QED) is 0.885. The largest absolute Gasteiger partial charge is 0.379 e. The molecule has 2 aromatic rings. The second kappa shape index (κ2) is 7.05. The van der Waals surface area contributed by atoms with E-state index < -0.39 is 0 Å². The maximum Gasteiger partial charge on any atom is 0.0595 e. The average Bonchev–Trinajstić information content (AvgIpc) is 3.01. The predicted molar refractivity (Wildman–Crippen MR) is 90.2 cm³/mol. The van der Waals surface area contributed by atoms with E-state index in [1.807, 2.05) is 18.3 Å². The Balaban J connectivity index is 1.65. The molecule has 0 amide bonds. The van der Waals surface area contributed by atoms with E-state index in [-0.39, 0.29) is 0 Å². The molecule has 1 saturated heterocycles. The molecule has 4 heteroatoms.